The Labute approximate surface area is 230 Å². The molecule has 1 N–H and O–H groups in total. The number of aliphatic hydroxyl groups excluding tert-OH is 1. The van der Waals surface area contributed by atoms with Gasteiger partial charge in [-0.05, 0) is 67.7 Å². The largest absolute Gasteiger partial charge is 0.467 e. The third-order valence-electron chi connectivity index (χ3n) is 5.67. The number of methoxy groups -OCH3 is 1. The van der Waals surface area contributed by atoms with E-state index in [0.29, 0.717) is 19.3 Å². The molecule has 0 saturated carbocycles. The van der Waals surface area contributed by atoms with Gasteiger partial charge in [0, 0.05) is 19.6 Å². The first-order valence-electron chi connectivity index (χ1n) is 13.1. The molecule has 0 spiro atoms. The highest BCUT2D eigenvalue weighted by Crippen LogP contribution is 2.33. The van der Waals surface area contributed by atoms with E-state index in [1.807, 2.05) is 0 Å². The molecule has 12 heteroatoms. The molecule has 0 unspecified atom stereocenters. The van der Waals surface area contributed by atoms with Crippen molar-refractivity contribution in [2.24, 2.45) is 10.8 Å². The van der Waals surface area contributed by atoms with E-state index in [9.17, 15) is 24.0 Å². The van der Waals surface area contributed by atoms with Gasteiger partial charge >= 0.3 is 23.9 Å². The summed E-state index contributed by atoms with van der Waals surface area (Å²) in [6, 6.07) is 0. The lowest BCUT2D eigenvalue weighted by Crippen LogP contribution is -2.64. The predicted octanol–water partition coefficient (Wildman–Crippen LogP) is 2.26. The molecule has 1 aliphatic rings. The summed E-state index contributed by atoms with van der Waals surface area (Å²) in [4.78, 5) is 62.8. The van der Waals surface area contributed by atoms with Crippen LogP contribution in [-0.4, -0.2) is 85.8 Å². The van der Waals surface area contributed by atoms with Gasteiger partial charge in [-0.25, -0.2) is 4.79 Å². The van der Waals surface area contributed by atoms with Crippen LogP contribution in [-0.2, 0) is 52.4 Å². The number of aliphatic hydroxyl groups is 1. The van der Waals surface area contributed by atoms with Crippen LogP contribution in [0.1, 0.15) is 80.6 Å². The normalized spacial score (nSPS) is 23.5. The van der Waals surface area contributed by atoms with Crippen LogP contribution < -0.4 is 0 Å². The smallest absolute Gasteiger partial charge is 0.339 e. The third-order valence-corrected chi connectivity index (χ3v) is 5.67. The fourth-order valence-corrected chi connectivity index (χ4v) is 3.32. The molecule has 1 aliphatic heterocycles. The van der Waals surface area contributed by atoms with Crippen molar-refractivity contribution >= 4 is 29.7 Å². The maximum atomic E-state index is 13.0. The second kappa shape index (κ2) is 15.3. The third kappa shape index (κ3) is 11.2. The zero-order valence-corrected chi connectivity index (χ0v) is 24.3. The van der Waals surface area contributed by atoms with E-state index in [4.69, 9.17) is 33.5 Å². The van der Waals surface area contributed by atoms with E-state index in [1.165, 1.54) is 6.92 Å². The first kappa shape index (κ1) is 34.5. The van der Waals surface area contributed by atoms with Gasteiger partial charge < -0.3 is 38.3 Å². The molecule has 1 rings (SSSR count). The maximum absolute atomic E-state index is 13.0. The van der Waals surface area contributed by atoms with Gasteiger partial charge in [-0.15, -0.1) is 0 Å². The summed E-state index contributed by atoms with van der Waals surface area (Å²) >= 11 is 0. The molecule has 0 aromatic carbocycles. The number of carbonyl (C=O) groups excluding carboxylic acids is 5. The molecule has 0 aromatic heterocycles. The quantitative estimate of drug-likeness (QED) is 0.199. The Morgan fingerprint density at radius 3 is 1.82 bits per heavy atom. The van der Waals surface area contributed by atoms with Crippen molar-refractivity contribution in [1.82, 2.24) is 0 Å². The predicted molar refractivity (Wildman–Crippen MR) is 136 cm³/mol. The molecule has 1 saturated heterocycles. The Hall–Kier alpha value is -2.57. The van der Waals surface area contributed by atoms with Gasteiger partial charge in [0.2, 0.25) is 0 Å². The molecule has 1 heterocycles. The second-order valence-electron chi connectivity index (χ2n) is 11.5. The number of hydrogen-bond donors (Lipinski definition) is 1. The minimum absolute atomic E-state index is 0.0116. The molecule has 0 radical (unpaired) electrons. The van der Waals surface area contributed by atoms with E-state index in [-0.39, 0.29) is 31.8 Å². The summed E-state index contributed by atoms with van der Waals surface area (Å²) < 4.78 is 33.6. The van der Waals surface area contributed by atoms with E-state index >= 15 is 0 Å². The average Bonchev–Trinajstić information content (AvgIpc) is 2.83. The summed E-state index contributed by atoms with van der Waals surface area (Å²) in [6.07, 6.45) is -6.20. The Morgan fingerprint density at radius 1 is 0.769 bits per heavy atom. The molecule has 0 aromatic rings. The summed E-state index contributed by atoms with van der Waals surface area (Å²) in [7, 11) is 1.10. The van der Waals surface area contributed by atoms with Crippen molar-refractivity contribution in [2.45, 2.75) is 111 Å². The van der Waals surface area contributed by atoms with Crippen LogP contribution in [0, 0.1) is 10.8 Å². The van der Waals surface area contributed by atoms with Crippen molar-refractivity contribution in [1.29, 1.82) is 0 Å². The van der Waals surface area contributed by atoms with Crippen LogP contribution in [0.15, 0.2) is 0 Å². The zero-order valence-electron chi connectivity index (χ0n) is 24.3. The van der Waals surface area contributed by atoms with Crippen molar-refractivity contribution in [3.05, 3.63) is 0 Å². The molecular weight excluding hydrogens is 516 g/mol. The highest BCUT2D eigenvalue weighted by Gasteiger charge is 2.56. The number of carbonyl (C=O) groups is 5. The molecule has 39 heavy (non-hydrogen) atoms. The van der Waals surface area contributed by atoms with Crippen molar-refractivity contribution in [3.8, 4) is 0 Å². The van der Waals surface area contributed by atoms with Gasteiger partial charge in [-0.2, -0.15) is 0 Å². The summed E-state index contributed by atoms with van der Waals surface area (Å²) in [5, 5.41) is 9.03. The first-order chi connectivity index (χ1) is 18.0. The SMILES string of the molecule is COC(=O)[C@H]1O[C@@H](OCCCCCO)[C@H](OC(=O)C(C)(C)C)[C@@H](OC(=O)C(C)(C)C)[C@@H]1OC(=O)CCC(C)=O. The van der Waals surface area contributed by atoms with E-state index in [2.05, 4.69) is 0 Å². The zero-order chi connectivity index (χ0) is 30.0. The van der Waals surface area contributed by atoms with E-state index < -0.39 is 65.4 Å². The highest BCUT2D eigenvalue weighted by atomic mass is 16.7. The van der Waals surface area contributed by atoms with Crippen molar-refractivity contribution in [2.75, 3.05) is 20.3 Å². The molecule has 224 valence electrons. The van der Waals surface area contributed by atoms with Gasteiger partial charge in [-0.1, -0.05) is 0 Å². The Balaban J connectivity index is 3.53. The Bertz CT molecular complexity index is 854. The maximum Gasteiger partial charge on any atom is 0.339 e. The summed E-state index contributed by atoms with van der Waals surface area (Å²) in [6.45, 7) is 11.1. The fraction of sp³-hybridized carbons (Fsp3) is 0.815. The van der Waals surface area contributed by atoms with Crippen molar-refractivity contribution in [3.63, 3.8) is 0 Å². The first-order valence-corrected chi connectivity index (χ1v) is 13.1. The summed E-state index contributed by atoms with van der Waals surface area (Å²) in [5.41, 5.74) is -1.99. The van der Waals surface area contributed by atoms with Gasteiger partial charge in [0.25, 0.3) is 0 Å². The van der Waals surface area contributed by atoms with Crippen LogP contribution in [0.2, 0.25) is 0 Å². The van der Waals surface area contributed by atoms with E-state index in [0.717, 1.165) is 7.11 Å². The number of ketones is 1. The number of rotatable bonds is 13. The molecule has 5 atom stereocenters. The second-order valence-corrected chi connectivity index (χ2v) is 11.5. The average molecular weight is 561 g/mol. The molecule has 1 fully saturated rings. The van der Waals surface area contributed by atoms with Crippen LogP contribution in [0.4, 0.5) is 0 Å². The molecule has 12 nitrogen and oxygen atoms in total. The molecule has 0 bridgehead atoms. The lowest BCUT2D eigenvalue weighted by Gasteiger charge is -2.44. The Morgan fingerprint density at radius 2 is 1.33 bits per heavy atom. The highest BCUT2D eigenvalue weighted by molar-refractivity contribution is 5.82. The van der Waals surface area contributed by atoms with Gasteiger partial charge in [0.15, 0.2) is 30.7 Å². The van der Waals surface area contributed by atoms with Crippen LogP contribution in [0.25, 0.3) is 0 Å². The van der Waals surface area contributed by atoms with Gasteiger partial charge in [0.1, 0.15) is 5.78 Å². The number of unbranched alkanes of at least 4 members (excludes halogenated alkanes) is 2. The molecule has 0 aliphatic carbocycles. The number of Topliss-reactive ketones (excluding diaryl/α,β-unsaturated/α-hetero) is 1. The minimum atomic E-state index is -1.60. The molecular formula is C27H44O12. The standard InChI is InChI=1S/C27H44O12/c1-16(29)12-13-17(30)36-18-19(38-24(32)26(2,3)4)21(39-25(33)27(5,6)7)23(35-15-11-9-10-14-28)37-20(18)22(31)34-8/h18-21,23,28H,9-15H2,1-8H3/t18-,19-,20-,21+,23+/m0/s1. The van der Waals surface area contributed by atoms with Crippen LogP contribution >= 0.6 is 0 Å². The number of ether oxygens (including phenoxy) is 6. The topological polar surface area (TPSA) is 161 Å². The minimum Gasteiger partial charge on any atom is -0.467 e. The molecule has 0 amide bonds. The van der Waals surface area contributed by atoms with Crippen LogP contribution in [0.3, 0.4) is 0 Å². The lowest BCUT2D eigenvalue weighted by atomic mass is 9.93. The summed E-state index contributed by atoms with van der Waals surface area (Å²) in [5.74, 6) is -3.44. The lowest BCUT2D eigenvalue weighted by molar-refractivity contribution is -0.304. The van der Waals surface area contributed by atoms with Gasteiger partial charge in [-0.3, -0.25) is 14.4 Å². The number of hydrogen-bond acceptors (Lipinski definition) is 12. The monoisotopic (exact) mass is 560 g/mol. The van der Waals surface area contributed by atoms with Gasteiger partial charge in [0.05, 0.1) is 24.4 Å². The Kier molecular flexibility index (Phi) is 13.5. The number of esters is 4. The van der Waals surface area contributed by atoms with E-state index in [1.54, 1.807) is 41.5 Å². The fourth-order valence-electron chi connectivity index (χ4n) is 3.32. The van der Waals surface area contributed by atoms with Crippen LogP contribution in [0.5, 0.6) is 0 Å². The van der Waals surface area contributed by atoms with Crippen molar-refractivity contribution < 1.29 is 57.5 Å².